The molecule has 226 valence electrons. The minimum absolute atomic E-state index is 0.680. The Morgan fingerprint density at radius 2 is 0.939 bits per heavy atom. The van der Waals surface area contributed by atoms with Crippen molar-refractivity contribution in [3.63, 3.8) is 0 Å². The molecule has 0 aliphatic rings. The van der Waals surface area contributed by atoms with Gasteiger partial charge in [-0.15, -0.1) is 27.7 Å². The third-order valence-electron chi connectivity index (χ3n) is 10.5. The molecule has 3 heterocycles. The van der Waals surface area contributed by atoms with E-state index in [0.717, 1.165) is 16.7 Å². The van der Waals surface area contributed by atoms with E-state index in [-0.39, 0.29) is 0 Å². The van der Waals surface area contributed by atoms with Crippen LogP contribution in [0.25, 0.3) is 81.8 Å². The van der Waals surface area contributed by atoms with Crippen LogP contribution in [0.2, 0.25) is 0 Å². The number of para-hydroxylation sites is 2. The lowest BCUT2D eigenvalue weighted by atomic mass is 9.60. The van der Waals surface area contributed by atoms with Crippen LogP contribution >= 0.6 is 11.3 Å². The quantitative estimate of drug-likeness (QED) is 0.275. The van der Waals surface area contributed by atoms with Gasteiger partial charge in [0.1, 0.15) is 39.2 Å². The zero-order valence-electron chi connectivity index (χ0n) is 28.2. The summed E-state index contributed by atoms with van der Waals surface area (Å²) in [5.74, 6) is 2.09. The fourth-order valence-electron chi connectivity index (χ4n) is 7.50. The Balaban J connectivity index is 1.33. The van der Waals surface area contributed by atoms with E-state index in [1.165, 1.54) is 75.0 Å². The molecule has 9 rings (SSSR count). The van der Waals surface area contributed by atoms with E-state index in [1.807, 2.05) is 29.5 Å². The highest BCUT2D eigenvalue weighted by Gasteiger charge is 2.22. The average Bonchev–Trinajstić information content (AvgIpc) is 3.70. The summed E-state index contributed by atoms with van der Waals surface area (Å²) in [5.41, 5.74) is 13.0. The van der Waals surface area contributed by atoms with Gasteiger partial charge < -0.3 is 4.57 Å². The lowest BCUT2D eigenvalue weighted by Gasteiger charge is -2.20. The fraction of sp³-hybridized carbons (Fsp3) is 0. The van der Waals surface area contributed by atoms with E-state index >= 15 is 0 Å². The number of rotatable bonds is 4. The molecule has 4 nitrogen and oxygen atoms in total. The van der Waals surface area contributed by atoms with Crippen LogP contribution in [0, 0.1) is 0 Å². The van der Waals surface area contributed by atoms with Crippen LogP contribution in [0.1, 0.15) is 0 Å². The highest BCUT2D eigenvalue weighted by molar-refractivity contribution is 7.26. The smallest absolute Gasteiger partial charge is 0.165 e. The molecular weight excluding hydrogens is 611 g/mol. The molecule has 49 heavy (non-hydrogen) atoms. The predicted octanol–water partition coefficient (Wildman–Crippen LogP) is 1.63. The Morgan fingerprint density at radius 3 is 1.61 bits per heavy atom. The molecule has 0 saturated heterocycles. The lowest BCUT2D eigenvalue weighted by Crippen LogP contribution is -2.55. The molecule has 0 fully saturated rings. The van der Waals surface area contributed by atoms with Gasteiger partial charge >= 0.3 is 0 Å². The monoisotopic (exact) mass is 640 g/mol. The molecular formula is C39H29B5N4S. The van der Waals surface area contributed by atoms with Crippen molar-refractivity contribution in [1.29, 1.82) is 0 Å². The van der Waals surface area contributed by atoms with Gasteiger partial charge in [0, 0.05) is 42.9 Å². The molecule has 0 aliphatic heterocycles. The van der Waals surface area contributed by atoms with Crippen LogP contribution in [-0.4, -0.2) is 58.8 Å². The number of nitrogens with zero attached hydrogens (tertiary/aromatic N) is 4. The van der Waals surface area contributed by atoms with Crippen molar-refractivity contribution in [3.8, 4) is 39.9 Å². The van der Waals surface area contributed by atoms with Gasteiger partial charge in [0.05, 0.1) is 21.4 Å². The van der Waals surface area contributed by atoms with Gasteiger partial charge in [-0.1, -0.05) is 102 Å². The van der Waals surface area contributed by atoms with E-state index in [1.54, 1.807) is 0 Å². The first kappa shape index (κ1) is 29.8. The molecule has 3 aromatic heterocycles. The normalized spacial score (nSPS) is 11.7. The summed E-state index contributed by atoms with van der Waals surface area (Å²) in [4.78, 5) is 15.6. The topological polar surface area (TPSA) is 43.6 Å². The van der Waals surface area contributed by atoms with Crippen LogP contribution < -0.4 is 27.3 Å². The number of hydrogen-bond donors (Lipinski definition) is 0. The summed E-state index contributed by atoms with van der Waals surface area (Å²) < 4.78 is 4.83. The highest BCUT2D eigenvalue weighted by Crippen LogP contribution is 2.43. The molecule has 0 unspecified atom stereocenters. The van der Waals surface area contributed by atoms with Crippen molar-refractivity contribution in [1.82, 2.24) is 19.5 Å². The molecule has 6 aromatic carbocycles. The van der Waals surface area contributed by atoms with Crippen LogP contribution in [0.5, 0.6) is 0 Å². The maximum Gasteiger partial charge on any atom is 0.165 e. The third-order valence-corrected chi connectivity index (χ3v) is 11.7. The van der Waals surface area contributed by atoms with Crippen LogP contribution in [0.15, 0.2) is 115 Å². The first-order chi connectivity index (χ1) is 23.9. The average molecular weight is 640 g/mol. The molecule has 0 spiro atoms. The molecule has 0 radical (unpaired) electrons. The summed E-state index contributed by atoms with van der Waals surface area (Å²) in [6, 6.07) is 40.9. The summed E-state index contributed by atoms with van der Waals surface area (Å²) in [6.45, 7) is 0. The standard InChI is InChI=1S/C39H29B5N4S/c40-30-29(31(41)33(43)34(44)32(30)42)39-46-37(20-10-2-1-3-11-20)45-38(47-39)25-16-8-14-23-24-15-9-19-28(36(24)49-35(23)25)48-26-17-6-4-12-21(26)22-13-5-7-18-27(22)48/h1-19H,40-44H2. The van der Waals surface area contributed by atoms with Crippen molar-refractivity contribution >= 4 is 120 Å². The summed E-state index contributed by atoms with van der Waals surface area (Å²) in [5, 5.41) is 4.96. The van der Waals surface area contributed by atoms with Crippen molar-refractivity contribution in [2.75, 3.05) is 0 Å². The van der Waals surface area contributed by atoms with Crippen molar-refractivity contribution in [3.05, 3.63) is 115 Å². The number of thiophene rings is 1. The Bertz CT molecular complexity index is 2710. The van der Waals surface area contributed by atoms with Gasteiger partial charge in [-0.2, -0.15) is 0 Å². The van der Waals surface area contributed by atoms with Crippen molar-refractivity contribution in [2.45, 2.75) is 0 Å². The van der Waals surface area contributed by atoms with Gasteiger partial charge in [-0.05, 0) is 24.3 Å². The lowest BCUT2D eigenvalue weighted by molar-refractivity contribution is 1.08. The number of fused-ring (bicyclic) bond motifs is 6. The first-order valence-electron chi connectivity index (χ1n) is 16.7. The van der Waals surface area contributed by atoms with Crippen LogP contribution in [0.4, 0.5) is 0 Å². The third kappa shape index (κ3) is 4.54. The minimum atomic E-state index is 0.680. The summed E-state index contributed by atoms with van der Waals surface area (Å²) in [7, 11) is 11.0. The first-order valence-corrected chi connectivity index (χ1v) is 17.5. The number of hydrogen-bond acceptors (Lipinski definition) is 4. The molecule has 0 amide bonds. The Morgan fingerprint density at radius 1 is 0.429 bits per heavy atom. The minimum Gasteiger partial charge on any atom is -0.308 e. The van der Waals surface area contributed by atoms with E-state index < -0.39 is 0 Å². The molecule has 0 bridgehead atoms. The van der Waals surface area contributed by atoms with Gasteiger partial charge in [-0.25, -0.2) is 15.0 Å². The van der Waals surface area contributed by atoms with Crippen LogP contribution in [0.3, 0.4) is 0 Å². The maximum absolute atomic E-state index is 5.29. The zero-order chi connectivity index (χ0) is 33.4. The molecule has 10 heteroatoms. The van der Waals surface area contributed by atoms with Crippen molar-refractivity contribution < 1.29 is 0 Å². The largest absolute Gasteiger partial charge is 0.308 e. The SMILES string of the molecule is Bc1c(B)c(B)c(-c2nc(-c3ccccc3)nc(-c3cccc4c3sc3c(-n5c6ccccc6c6ccccc65)cccc34)n2)c(B)c1B. The number of aromatic nitrogens is 4. The van der Waals surface area contributed by atoms with E-state index in [0.29, 0.717) is 17.5 Å². The Kier molecular flexibility index (Phi) is 6.92. The molecule has 0 atom stereocenters. The van der Waals surface area contributed by atoms with E-state index in [2.05, 4.69) is 141 Å². The number of benzene rings is 6. The maximum atomic E-state index is 5.29. The summed E-state index contributed by atoms with van der Waals surface area (Å²) >= 11 is 1.82. The molecule has 0 N–H and O–H groups in total. The van der Waals surface area contributed by atoms with Gasteiger partial charge in [-0.3, -0.25) is 0 Å². The molecule has 9 aromatic rings. The fourth-order valence-corrected chi connectivity index (χ4v) is 8.81. The second-order valence-electron chi connectivity index (χ2n) is 13.0. The second kappa shape index (κ2) is 11.4. The van der Waals surface area contributed by atoms with Gasteiger partial charge in [0.2, 0.25) is 0 Å². The molecule has 0 saturated carbocycles. The van der Waals surface area contributed by atoms with Crippen molar-refractivity contribution in [2.24, 2.45) is 0 Å². The Hall–Kier alpha value is -5.33. The molecule has 0 aliphatic carbocycles. The zero-order valence-corrected chi connectivity index (χ0v) is 29.0. The van der Waals surface area contributed by atoms with Gasteiger partial charge in [0.15, 0.2) is 17.5 Å². The van der Waals surface area contributed by atoms with Crippen LogP contribution in [-0.2, 0) is 0 Å². The van der Waals surface area contributed by atoms with Gasteiger partial charge in [0.25, 0.3) is 0 Å². The van der Waals surface area contributed by atoms with E-state index in [4.69, 9.17) is 15.0 Å². The summed E-state index contributed by atoms with van der Waals surface area (Å²) in [6.07, 6.45) is 0. The van der Waals surface area contributed by atoms with E-state index in [9.17, 15) is 0 Å². The Labute approximate surface area is 293 Å². The second-order valence-corrected chi connectivity index (χ2v) is 14.0. The predicted molar refractivity (Wildman–Crippen MR) is 224 cm³/mol. The highest BCUT2D eigenvalue weighted by atomic mass is 32.1.